The molecular weight excluding hydrogens is 200 g/mol. The van der Waals surface area contributed by atoms with E-state index in [-0.39, 0.29) is 5.69 Å². The SMILES string of the molecule is [CH2]Cc1sc(-n2cn[nH]c2=O)nc1C. The number of aromatic amines is 1. The zero-order valence-corrected chi connectivity index (χ0v) is 8.47. The molecule has 0 aliphatic carbocycles. The summed E-state index contributed by atoms with van der Waals surface area (Å²) in [5, 5.41) is 6.60. The summed E-state index contributed by atoms with van der Waals surface area (Å²) in [6.45, 7) is 5.70. The molecule has 2 heterocycles. The van der Waals surface area contributed by atoms with Crippen LogP contribution in [0.1, 0.15) is 10.6 Å². The molecule has 0 aliphatic heterocycles. The number of H-pyrrole nitrogens is 1. The minimum atomic E-state index is -0.269. The Morgan fingerprint density at radius 1 is 1.71 bits per heavy atom. The zero-order valence-electron chi connectivity index (χ0n) is 7.65. The molecule has 0 saturated heterocycles. The maximum atomic E-state index is 11.2. The minimum absolute atomic E-state index is 0.269. The lowest BCUT2D eigenvalue weighted by Crippen LogP contribution is -2.13. The van der Waals surface area contributed by atoms with Crippen molar-refractivity contribution in [1.82, 2.24) is 19.7 Å². The van der Waals surface area contributed by atoms with E-state index < -0.39 is 0 Å². The number of nitrogens with zero attached hydrogens (tertiary/aromatic N) is 3. The summed E-state index contributed by atoms with van der Waals surface area (Å²) in [6, 6.07) is 0. The van der Waals surface area contributed by atoms with Crippen LogP contribution in [-0.4, -0.2) is 19.7 Å². The topological polar surface area (TPSA) is 63.6 Å². The van der Waals surface area contributed by atoms with Crippen LogP contribution in [0.15, 0.2) is 11.1 Å². The van der Waals surface area contributed by atoms with Crippen molar-refractivity contribution >= 4 is 11.3 Å². The molecule has 0 fully saturated rings. The molecule has 0 amide bonds. The molecule has 1 radical (unpaired) electrons. The van der Waals surface area contributed by atoms with Crippen LogP contribution in [0.25, 0.3) is 5.13 Å². The van der Waals surface area contributed by atoms with Crippen LogP contribution >= 0.6 is 11.3 Å². The van der Waals surface area contributed by atoms with Crippen molar-refractivity contribution in [3.8, 4) is 5.13 Å². The van der Waals surface area contributed by atoms with E-state index in [0.29, 0.717) is 11.6 Å². The van der Waals surface area contributed by atoms with Gasteiger partial charge in [-0.25, -0.2) is 19.4 Å². The van der Waals surface area contributed by atoms with E-state index in [1.165, 1.54) is 22.2 Å². The van der Waals surface area contributed by atoms with Crippen LogP contribution in [0.2, 0.25) is 0 Å². The maximum absolute atomic E-state index is 11.2. The molecule has 0 aliphatic rings. The predicted molar refractivity (Wildman–Crippen MR) is 53.7 cm³/mol. The molecule has 0 bridgehead atoms. The van der Waals surface area contributed by atoms with Crippen molar-refractivity contribution < 1.29 is 0 Å². The van der Waals surface area contributed by atoms with Crippen molar-refractivity contribution in [1.29, 1.82) is 0 Å². The van der Waals surface area contributed by atoms with Crippen molar-refractivity contribution in [3.05, 3.63) is 34.3 Å². The van der Waals surface area contributed by atoms with Crippen LogP contribution < -0.4 is 5.69 Å². The Morgan fingerprint density at radius 3 is 3.00 bits per heavy atom. The van der Waals surface area contributed by atoms with Gasteiger partial charge in [0.05, 0.1) is 5.69 Å². The quantitative estimate of drug-likeness (QED) is 0.792. The molecular formula is C8H9N4OS. The van der Waals surface area contributed by atoms with E-state index >= 15 is 0 Å². The molecule has 2 aromatic heterocycles. The largest absolute Gasteiger partial charge is 0.349 e. The average Bonchev–Trinajstić information content (AvgIpc) is 2.71. The van der Waals surface area contributed by atoms with Gasteiger partial charge in [0, 0.05) is 4.88 Å². The molecule has 14 heavy (non-hydrogen) atoms. The van der Waals surface area contributed by atoms with Crippen molar-refractivity contribution in [3.63, 3.8) is 0 Å². The van der Waals surface area contributed by atoms with Crippen LogP contribution in [-0.2, 0) is 6.42 Å². The van der Waals surface area contributed by atoms with Gasteiger partial charge in [-0.2, -0.15) is 5.10 Å². The average molecular weight is 209 g/mol. The summed E-state index contributed by atoms with van der Waals surface area (Å²) in [7, 11) is 0. The number of thiazole rings is 1. The highest BCUT2D eigenvalue weighted by Gasteiger charge is 2.09. The fraction of sp³-hybridized carbons (Fsp3) is 0.250. The lowest BCUT2D eigenvalue weighted by molar-refractivity contribution is 0.958. The summed E-state index contributed by atoms with van der Waals surface area (Å²) in [5.74, 6) is 0. The van der Waals surface area contributed by atoms with Gasteiger partial charge in [-0.3, -0.25) is 0 Å². The second-order valence-corrected chi connectivity index (χ2v) is 3.85. The third-order valence-corrected chi connectivity index (χ3v) is 3.08. The molecule has 1 N–H and O–H groups in total. The van der Waals surface area contributed by atoms with E-state index in [1.54, 1.807) is 0 Å². The van der Waals surface area contributed by atoms with Gasteiger partial charge in [-0.1, -0.05) is 0 Å². The van der Waals surface area contributed by atoms with Gasteiger partial charge < -0.3 is 0 Å². The Kier molecular flexibility index (Phi) is 2.20. The summed E-state index contributed by atoms with van der Waals surface area (Å²) >= 11 is 1.46. The van der Waals surface area contributed by atoms with Crippen LogP contribution in [0.5, 0.6) is 0 Å². The Bertz CT molecular complexity index is 495. The predicted octanol–water partition coefficient (Wildman–Crippen LogP) is 0.702. The van der Waals surface area contributed by atoms with Crippen molar-refractivity contribution in [2.75, 3.05) is 0 Å². The van der Waals surface area contributed by atoms with E-state index in [0.717, 1.165) is 10.6 Å². The number of hydrogen-bond donors (Lipinski definition) is 1. The number of nitrogens with one attached hydrogen (secondary N) is 1. The second kappa shape index (κ2) is 3.38. The Balaban J connectivity index is 2.53. The highest BCUT2D eigenvalue weighted by atomic mass is 32.1. The molecule has 2 rings (SSSR count). The van der Waals surface area contributed by atoms with E-state index in [1.807, 2.05) is 6.92 Å². The van der Waals surface area contributed by atoms with Crippen molar-refractivity contribution in [2.45, 2.75) is 13.3 Å². The highest BCUT2D eigenvalue weighted by molar-refractivity contribution is 7.14. The first kappa shape index (κ1) is 9.14. The third-order valence-electron chi connectivity index (χ3n) is 1.87. The summed E-state index contributed by atoms with van der Waals surface area (Å²) < 4.78 is 1.39. The van der Waals surface area contributed by atoms with Gasteiger partial charge in [-0.15, -0.1) is 11.3 Å². The molecule has 0 saturated carbocycles. The van der Waals surface area contributed by atoms with E-state index in [4.69, 9.17) is 0 Å². The summed E-state index contributed by atoms with van der Waals surface area (Å²) in [5.41, 5.74) is 0.655. The van der Waals surface area contributed by atoms with Crippen LogP contribution in [0.4, 0.5) is 0 Å². The monoisotopic (exact) mass is 209 g/mol. The van der Waals surface area contributed by atoms with Gasteiger partial charge in [-0.05, 0) is 20.3 Å². The van der Waals surface area contributed by atoms with Gasteiger partial charge in [0.25, 0.3) is 0 Å². The van der Waals surface area contributed by atoms with Crippen molar-refractivity contribution in [2.24, 2.45) is 0 Å². The Hall–Kier alpha value is -1.43. The van der Waals surface area contributed by atoms with Crippen LogP contribution in [0, 0.1) is 13.8 Å². The first-order chi connectivity index (χ1) is 6.72. The zero-order chi connectivity index (χ0) is 10.1. The molecule has 0 spiro atoms. The molecule has 6 heteroatoms. The van der Waals surface area contributed by atoms with Gasteiger partial charge in [0.2, 0.25) is 0 Å². The van der Waals surface area contributed by atoms with E-state index in [2.05, 4.69) is 22.1 Å². The van der Waals surface area contributed by atoms with Gasteiger partial charge >= 0.3 is 5.69 Å². The standard InChI is InChI=1S/C8H9N4OS/c1-3-6-5(2)10-8(14-6)12-4-9-11-7(12)13/h4H,1,3H2,2H3,(H,11,13). The first-order valence-corrected chi connectivity index (χ1v) is 4.92. The molecule has 0 unspecified atom stereocenters. The molecule has 0 aromatic carbocycles. The van der Waals surface area contributed by atoms with Gasteiger partial charge in [0.15, 0.2) is 5.13 Å². The lowest BCUT2D eigenvalue weighted by atomic mass is 10.3. The van der Waals surface area contributed by atoms with Gasteiger partial charge in [0.1, 0.15) is 6.33 Å². The lowest BCUT2D eigenvalue weighted by Gasteiger charge is -1.89. The Labute approximate surface area is 84.4 Å². The van der Waals surface area contributed by atoms with E-state index in [9.17, 15) is 4.79 Å². The molecule has 73 valence electrons. The number of aryl methyl sites for hydroxylation is 1. The first-order valence-electron chi connectivity index (χ1n) is 4.10. The third kappa shape index (κ3) is 1.37. The minimum Gasteiger partial charge on any atom is -0.246 e. The number of hydrogen-bond acceptors (Lipinski definition) is 4. The van der Waals surface area contributed by atoms with Crippen LogP contribution in [0.3, 0.4) is 0 Å². The smallest absolute Gasteiger partial charge is 0.246 e. The molecule has 5 nitrogen and oxygen atoms in total. The normalized spacial score (nSPS) is 10.7. The maximum Gasteiger partial charge on any atom is 0.349 e. The number of aromatic nitrogens is 4. The molecule has 0 atom stereocenters. The summed E-state index contributed by atoms with van der Waals surface area (Å²) in [6.07, 6.45) is 2.11. The second-order valence-electron chi connectivity index (χ2n) is 2.79. The fourth-order valence-corrected chi connectivity index (χ4v) is 2.06. The number of rotatable bonds is 2. The molecule has 2 aromatic rings. The highest BCUT2D eigenvalue weighted by Crippen LogP contribution is 2.20. The fourth-order valence-electron chi connectivity index (χ4n) is 1.13. The Morgan fingerprint density at radius 2 is 2.50 bits per heavy atom. The summed E-state index contributed by atoms with van der Waals surface area (Å²) in [4.78, 5) is 16.6.